The molecule has 0 spiro atoms. The Morgan fingerprint density at radius 1 is 1.56 bits per heavy atom. The number of rotatable bonds is 3. The van der Waals surface area contributed by atoms with Crippen LogP contribution in [-0.4, -0.2) is 10.00 Å². The van der Waals surface area contributed by atoms with Crippen molar-refractivity contribution < 1.29 is 0 Å². The average molecular weight is 164 g/mol. The van der Waals surface area contributed by atoms with E-state index in [-0.39, 0.29) is 4.75 Å². The van der Waals surface area contributed by atoms with Crippen molar-refractivity contribution >= 4 is 25.3 Å². The number of hydrogen-bond acceptors (Lipinski definition) is 2. The summed E-state index contributed by atoms with van der Waals surface area (Å²) in [5.41, 5.74) is 0. The predicted molar refractivity (Wildman–Crippen MR) is 50.7 cm³/mol. The summed E-state index contributed by atoms with van der Waals surface area (Å²) in [6.07, 6.45) is 2.33. The first-order chi connectivity index (χ1) is 4.00. The highest BCUT2D eigenvalue weighted by Gasteiger charge is 2.22. The number of thiol groups is 2. The minimum absolute atomic E-state index is 0.109. The van der Waals surface area contributed by atoms with Crippen LogP contribution in [0.3, 0.4) is 0 Å². The van der Waals surface area contributed by atoms with Gasteiger partial charge < -0.3 is 0 Å². The molecule has 0 rings (SSSR count). The molecule has 56 valence electrons. The van der Waals surface area contributed by atoms with Crippen LogP contribution in [0.1, 0.15) is 33.6 Å². The molecule has 0 nitrogen and oxygen atoms in total. The molecule has 0 bridgehead atoms. The fraction of sp³-hybridized carbons (Fsp3) is 1.00. The lowest BCUT2D eigenvalue weighted by Gasteiger charge is -2.26. The third-order valence-corrected chi connectivity index (χ3v) is 3.04. The molecule has 0 saturated carbocycles. The molecule has 0 heterocycles. The van der Waals surface area contributed by atoms with E-state index in [0.29, 0.717) is 5.25 Å². The van der Waals surface area contributed by atoms with Crippen molar-refractivity contribution in [3.05, 3.63) is 0 Å². The predicted octanol–water partition coefficient (Wildman–Crippen LogP) is 2.79. The topological polar surface area (TPSA) is 0 Å². The minimum atomic E-state index is 0.109. The summed E-state index contributed by atoms with van der Waals surface area (Å²) in [5, 5.41) is 0.376. The SMILES string of the molecule is CCCC(C)(S)C(C)S. The zero-order chi connectivity index (χ0) is 7.49. The minimum Gasteiger partial charge on any atom is -0.175 e. The van der Waals surface area contributed by atoms with Gasteiger partial charge in [0.15, 0.2) is 0 Å². The van der Waals surface area contributed by atoms with Crippen molar-refractivity contribution in [1.29, 1.82) is 0 Å². The zero-order valence-electron chi connectivity index (χ0n) is 6.39. The highest BCUT2D eigenvalue weighted by molar-refractivity contribution is 7.85. The van der Waals surface area contributed by atoms with Crippen LogP contribution in [0.2, 0.25) is 0 Å². The van der Waals surface area contributed by atoms with E-state index in [4.69, 9.17) is 0 Å². The standard InChI is InChI=1S/C7H16S2/c1-4-5-7(3,9)6(2)8/h6,8-9H,4-5H2,1-3H3. The van der Waals surface area contributed by atoms with Crippen molar-refractivity contribution in [2.45, 2.75) is 43.6 Å². The molecule has 9 heavy (non-hydrogen) atoms. The third kappa shape index (κ3) is 3.41. The van der Waals surface area contributed by atoms with Crippen LogP contribution in [0, 0.1) is 0 Å². The molecular weight excluding hydrogens is 148 g/mol. The molecule has 0 saturated heterocycles. The van der Waals surface area contributed by atoms with Crippen LogP contribution in [0.4, 0.5) is 0 Å². The van der Waals surface area contributed by atoms with Crippen molar-refractivity contribution in [1.82, 2.24) is 0 Å². The molecule has 2 unspecified atom stereocenters. The summed E-state index contributed by atoms with van der Waals surface area (Å²) >= 11 is 8.82. The summed E-state index contributed by atoms with van der Waals surface area (Å²) in [4.78, 5) is 0. The molecule has 0 N–H and O–H groups in total. The monoisotopic (exact) mass is 164 g/mol. The van der Waals surface area contributed by atoms with E-state index in [1.54, 1.807) is 0 Å². The molecule has 0 aromatic rings. The lowest BCUT2D eigenvalue weighted by Crippen LogP contribution is -2.26. The van der Waals surface area contributed by atoms with Gasteiger partial charge in [-0.15, -0.1) is 0 Å². The van der Waals surface area contributed by atoms with E-state index in [1.807, 2.05) is 0 Å². The summed E-state index contributed by atoms with van der Waals surface area (Å²) < 4.78 is 0.109. The van der Waals surface area contributed by atoms with Crippen molar-refractivity contribution in [2.75, 3.05) is 0 Å². The van der Waals surface area contributed by atoms with Crippen LogP contribution >= 0.6 is 25.3 Å². The fourth-order valence-corrected chi connectivity index (χ4v) is 1.07. The van der Waals surface area contributed by atoms with Gasteiger partial charge in [-0.2, -0.15) is 25.3 Å². The van der Waals surface area contributed by atoms with Gasteiger partial charge in [-0.3, -0.25) is 0 Å². The summed E-state index contributed by atoms with van der Waals surface area (Å²) in [6.45, 7) is 6.40. The maximum atomic E-state index is 4.49. The van der Waals surface area contributed by atoms with Crippen molar-refractivity contribution in [2.24, 2.45) is 0 Å². The normalized spacial score (nSPS) is 21.0. The Hall–Kier alpha value is 0.700. The molecule has 0 aliphatic rings. The van der Waals surface area contributed by atoms with Gasteiger partial charge in [-0.05, 0) is 13.3 Å². The molecule has 0 radical (unpaired) electrons. The van der Waals surface area contributed by atoms with Crippen molar-refractivity contribution in [3.63, 3.8) is 0 Å². The second-order valence-electron chi connectivity index (χ2n) is 2.78. The fourth-order valence-electron chi connectivity index (χ4n) is 0.715. The van der Waals surface area contributed by atoms with Gasteiger partial charge in [0, 0.05) is 10.00 Å². The summed E-state index contributed by atoms with van der Waals surface area (Å²) in [6, 6.07) is 0. The van der Waals surface area contributed by atoms with Crippen LogP contribution in [0.5, 0.6) is 0 Å². The van der Waals surface area contributed by atoms with E-state index < -0.39 is 0 Å². The molecule has 2 heteroatoms. The Labute approximate surface area is 69.2 Å². The van der Waals surface area contributed by atoms with Crippen LogP contribution in [-0.2, 0) is 0 Å². The van der Waals surface area contributed by atoms with E-state index in [1.165, 1.54) is 6.42 Å². The second kappa shape index (κ2) is 3.77. The first-order valence-electron chi connectivity index (χ1n) is 3.41. The zero-order valence-corrected chi connectivity index (χ0v) is 8.17. The molecule has 2 atom stereocenters. The third-order valence-electron chi connectivity index (χ3n) is 1.66. The highest BCUT2D eigenvalue weighted by atomic mass is 32.1. The van der Waals surface area contributed by atoms with E-state index in [0.717, 1.165) is 6.42 Å². The Morgan fingerprint density at radius 2 is 2.00 bits per heavy atom. The Balaban J connectivity index is 3.70. The second-order valence-corrected chi connectivity index (χ2v) is 4.58. The molecule has 0 aliphatic heterocycles. The molecule has 0 aromatic heterocycles. The maximum absolute atomic E-state index is 4.49. The highest BCUT2D eigenvalue weighted by Crippen LogP contribution is 2.27. The van der Waals surface area contributed by atoms with Gasteiger partial charge in [0.05, 0.1) is 0 Å². The lowest BCUT2D eigenvalue weighted by atomic mass is 10.0. The molecule has 0 aromatic carbocycles. The Morgan fingerprint density at radius 3 is 2.11 bits per heavy atom. The summed E-state index contributed by atoms with van der Waals surface area (Å²) in [7, 11) is 0. The van der Waals surface area contributed by atoms with Gasteiger partial charge in [-0.1, -0.05) is 20.3 Å². The quantitative estimate of drug-likeness (QED) is 0.589. The average Bonchev–Trinajstić information content (AvgIpc) is 1.65. The number of hydrogen-bond donors (Lipinski definition) is 2. The smallest absolute Gasteiger partial charge is 0.0215 e. The van der Waals surface area contributed by atoms with Gasteiger partial charge >= 0.3 is 0 Å². The largest absolute Gasteiger partial charge is 0.175 e. The van der Waals surface area contributed by atoms with Gasteiger partial charge in [0.1, 0.15) is 0 Å². The molecular formula is C7H16S2. The van der Waals surface area contributed by atoms with Crippen LogP contribution in [0.25, 0.3) is 0 Å². The molecule has 0 fully saturated rings. The van der Waals surface area contributed by atoms with E-state index >= 15 is 0 Å². The lowest BCUT2D eigenvalue weighted by molar-refractivity contribution is 0.578. The Bertz CT molecular complexity index is 77.0. The summed E-state index contributed by atoms with van der Waals surface area (Å²) in [5.74, 6) is 0. The Kier molecular flexibility index (Phi) is 4.06. The van der Waals surface area contributed by atoms with Gasteiger partial charge in [0.25, 0.3) is 0 Å². The molecule has 0 amide bonds. The van der Waals surface area contributed by atoms with E-state index in [2.05, 4.69) is 46.0 Å². The van der Waals surface area contributed by atoms with Crippen LogP contribution < -0.4 is 0 Å². The van der Waals surface area contributed by atoms with Crippen LogP contribution in [0.15, 0.2) is 0 Å². The maximum Gasteiger partial charge on any atom is 0.0215 e. The van der Waals surface area contributed by atoms with Gasteiger partial charge in [0.2, 0.25) is 0 Å². The van der Waals surface area contributed by atoms with E-state index in [9.17, 15) is 0 Å². The van der Waals surface area contributed by atoms with Crippen molar-refractivity contribution in [3.8, 4) is 0 Å². The molecule has 0 aliphatic carbocycles. The first-order valence-corrected chi connectivity index (χ1v) is 4.37. The van der Waals surface area contributed by atoms with Gasteiger partial charge in [-0.25, -0.2) is 0 Å². The first kappa shape index (κ1) is 9.70.